The van der Waals surface area contributed by atoms with Crippen molar-refractivity contribution in [2.45, 2.75) is 13.1 Å². The Kier molecular flexibility index (Phi) is 3.54. The molecule has 1 heterocycles. The van der Waals surface area contributed by atoms with Crippen molar-refractivity contribution in [1.29, 1.82) is 0 Å². The van der Waals surface area contributed by atoms with E-state index in [0.29, 0.717) is 0 Å². The topological polar surface area (TPSA) is 61.2 Å². The Labute approximate surface area is 85.5 Å². The minimum Gasteiger partial charge on any atom is -0.464 e. The molecule has 0 fully saturated rings. The first-order valence-electron chi connectivity index (χ1n) is 4.41. The Morgan fingerprint density at radius 2 is 2.33 bits per heavy atom. The van der Waals surface area contributed by atoms with E-state index in [4.69, 9.17) is 0 Å². The van der Waals surface area contributed by atoms with Crippen LogP contribution in [0.3, 0.4) is 0 Å². The summed E-state index contributed by atoms with van der Waals surface area (Å²) >= 11 is 0. The summed E-state index contributed by atoms with van der Waals surface area (Å²) in [4.78, 5) is 22.0. The smallest absolute Gasteiger partial charge is 0.347 e. The average molecular weight is 214 g/mol. The van der Waals surface area contributed by atoms with Crippen LogP contribution in [0.2, 0.25) is 0 Å². The highest BCUT2D eigenvalue weighted by atomic mass is 19.1. The molecule has 1 rings (SSSR count). The number of alkyl halides is 1. The Morgan fingerprint density at radius 3 is 2.87 bits per heavy atom. The minimum absolute atomic E-state index is 0.102. The van der Waals surface area contributed by atoms with Gasteiger partial charge in [0.25, 0.3) is 5.56 Å². The Bertz CT molecular complexity index is 416. The number of aromatic nitrogens is 2. The van der Waals surface area contributed by atoms with E-state index in [2.05, 4.69) is 9.84 Å². The lowest BCUT2D eigenvalue weighted by atomic mass is 10.2. The van der Waals surface area contributed by atoms with Crippen molar-refractivity contribution in [2.75, 3.05) is 6.61 Å². The van der Waals surface area contributed by atoms with E-state index in [9.17, 15) is 14.0 Å². The zero-order valence-electron chi connectivity index (χ0n) is 8.44. The lowest BCUT2D eigenvalue weighted by Crippen LogP contribution is -2.22. The van der Waals surface area contributed by atoms with Crippen molar-refractivity contribution in [3.63, 3.8) is 0 Å². The molecule has 1 aromatic rings. The molecular weight excluding hydrogens is 203 g/mol. The van der Waals surface area contributed by atoms with Crippen LogP contribution in [0.25, 0.3) is 0 Å². The summed E-state index contributed by atoms with van der Waals surface area (Å²) in [7, 11) is 1.38. The molecule has 0 N–H and O–H groups in total. The van der Waals surface area contributed by atoms with Gasteiger partial charge in [-0.2, -0.15) is 5.10 Å². The van der Waals surface area contributed by atoms with Gasteiger partial charge in [-0.25, -0.2) is 13.9 Å². The number of esters is 1. The molecule has 0 aliphatic heterocycles. The number of nitrogens with zero attached hydrogens (tertiary/aromatic N) is 2. The molecule has 0 spiro atoms. The van der Waals surface area contributed by atoms with E-state index >= 15 is 0 Å². The Morgan fingerprint density at radius 1 is 1.67 bits per heavy atom. The molecule has 0 saturated carbocycles. The summed E-state index contributed by atoms with van der Waals surface area (Å²) in [6.45, 7) is 1.68. The highest BCUT2D eigenvalue weighted by molar-refractivity contribution is 5.75. The van der Waals surface area contributed by atoms with Crippen molar-refractivity contribution in [2.24, 2.45) is 7.05 Å². The van der Waals surface area contributed by atoms with E-state index in [1.54, 1.807) is 6.92 Å². The van der Waals surface area contributed by atoms with Gasteiger partial charge in [0, 0.05) is 13.1 Å². The monoisotopic (exact) mass is 214 g/mol. The predicted octanol–water partition coefficient (Wildman–Crippen LogP) is 0.354. The Hall–Kier alpha value is -1.72. The van der Waals surface area contributed by atoms with Crippen molar-refractivity contribution < 1.29 is 13.9 Å². The molecule has 5 nitrogen and oxygen atoms in total. The summed E-state index contributed by atoms with van der Waals surface area (Å²) in [5, 5.41) is 3.60. The molecule has 1 unspecified atom stereocenters. The number of halogens is 1. The number of rotatable bonds is 3. The van der Waals surface area contributed by atoms with Gasteiger partial charge in [0.2, 0.25) is 6.17 Å². The molecule has 0 bridgehead atoms. The average Bonchev–Trinajstić information content (AvgIpc) is 2.21. The van der Waals surface area contributed by atoms with Gasteiger partial charge >= 0.3 is 5.97 Å². The lowest BCUT2D eigenvalue weighted by Gasteiger charge is -2.07. The molecule has 0 radical (unpaired) electrons. The molecule has 0 aromatic carbocycles. The molecule has 15 heavy (non-hydrogen) atoms. The second-order valence-corrected chi connectivity index (χ2v) is 2.83. The number of hydrogen-bond acceptors (Lipinski definition) is 4. The molecule has 0 amide bonds. The molecule has 1 aromatic heterocycles. The van der Waals surface area contributed by atoms with Gasteiger partial charge in [0.15, 0.2) is 0 Å². The van der Waals surface area contributed by atoms with E-state index in [1.165, 1.54) is 13.1 Å². The van der Waals surface area contributed by atoms with Crippen LogP contribution in [0.4, 0.5) is 4.39 Å². The minimum atomic E-state index is -1.95. The van der Waals surface area contributed by atoms with E-state index < -0.39 is 12.1 Å². The Balaban J connectivity index is 2.91. The number of aryl methyl sites for hydroxylation is 1. The number of carbonyl (C=O) groups is 1. The van der Waals surface area contributed by atoms with Gasteiger partial charge in [-0.15, -0.1) is 0 Å². The maximum absolute atomic E-state index is 13.4. The first-order chi connectivity index (χ1) is 7.06. The zero-order chi connectivity index (χ0) is 11.4. The van der Waals surface area contributed by atoms with Crippen LogP contribution in [-0.4, -0.2) is 22.4 Å². The predicted molar refractivity (Wildman–Crippen MR) is 50.0 cm³/mol. The van der Waals surface area contributed by atoms with Crippen molar-refractivity contribution in [3.05, 3.63) is 28.2 Å². The number of carbonyl (C=O) groups excluding carboxylic acids is 1. The summed E-state index contributed by atoms with van der Waals surface area (Å²) in [6, 6.07) is 2.32. The quantitative estimate of drug-likeness (QED) is 0.681. The maximum Gasteiger partial charge on any atom is 0.347 e. The van der Waals surface area contributed by atoms with Crippen molar-refractivity contribution in [3.8, 4) is 0 Å². The SMILES string of the molecule is CCOC(=O)C(F)c1ccc(=O)n(C)n1. The summed E-state index contributed by atoms with van der Waals surface area (Å²) in [6.07, 6.45) is -1.95. The van der Waals surface area contributed by atoms with E-state index in [0.717, 1.165) is 10.7 Å². The molecule has 82 valence electrons. The maximum atomic E-state index is 13.4. The molecular formula is C9H11FN2O3. The van der Waals surface area contributed by atoms with Crippen LogP contribution in [-0.2, 0) is 16.6 Å². The third-order valence-corrected chi connectivity index (χ3v) is 1.73. The summed E-state index contributed by atoms with van der Waals surface area (Å²) in [5.74, 6) is -0.997. The second-order valence-electron chi connectivity index (χ2n) is 2.83. The van der Waals surface area contributed by atoms with Gasteiger partial charge in [-0.1, -0.05) is 0 Å². The third kappa shape index (κ3) is 2.61. The van der Waals surface area contributed by atoms with Crippen molar-refractivity contribution in [1.82, 2.24) is 9.78 Å². The highest BCUT2D eigenvalue weighted by Crippen LogP contribution is 2.14. The fraction of sp³-hybridized carbons (Fsp3) is 0.444. The lowest BCUT2D eigenvalue weighted by molar-refractivity contribution is -0.149. The van der Waals surface area contributed by atoms with Gasteiger partial charge in [-0.3, -0.25) is 4.79 Å². The van der Waals surface area contributed by atoms with E-state index in [1.807, 2.05) is 0 Å². The third-order valence-electron chi connectivity index (χ3n) is 1.73. The van der Waals surface area contributed by atoms with Crippen LogP contribution in [0.5, 0.6) is 0 Å². The molecule has 1 atom stereocenters. The molecule has 6 heteroatoms. The fourth-order valence-corrected chi connectivity index (χ4v) is 0.992. The van der Waals surface area contributed by atoms with Gasteiger partial charge in [0.1, 0.15) is 5.69 Å². The standard InChI is InChI=1S/C9H11FN2O3/c1-3-15-9(14)8(10)6-4-5-7(13)12(2)11-6/h4-5,8H,3H2,1-2H3. The van der Waals surface area contributed by atoms with Crippen LogP contribution >= 0.6 is 0 Å². The number of hydrogen-bond donors (Lipinski definition) is 0. The first kappa shape index (κ1) is 11.4. The van der Waals surface area contributed by atoms with Gasteiger partial charge < -0.3 is 4.74 Å². The summed E-state index contributed by atoms with van der Waals surface area (Å²) in [5.41, 5.74) is -0.495. The number of ether oxygens (including phenoxy) is 1. The van der Waals surface area contributed by atoms with Crippen LogP contribution in [0, 0.1) is 0 Å². The second kappa shape index (κ2) is 4.68. The zero-order valence-corrected chi connectivity index (χ0v) is 8.44. The molecule has 0 aliphatic rings. The first-order valence-corrected chi connectivity index (χ1v) is 4.41. The van der Waals surface area contributed by atoms with Crippen LogP contribution in [0.15, 0.2) is 16.9 Å². The fourth-order valence-electron chi connectivity index (χ4n) is 0.992. The highest BCUT2D eigenvalue weighted by Gasteiger charge is 2.22. The normalized spacial score (nSPS) is 12.2. The molecule has 0 saturated heterocycles. The largest absolute Gasteiger partial charge is 0.464 e. The van der Waals surface area contributed by atoms with Gasteiger partial charge in [0.05, 0.1) is 6.61 Å². The van der Waals surface area contributed by atoms with E-state index in [-0.39, 0.29) is 17.9 Å². The molecule has 0 aliphatic carbocycles. The van der Waals surface area contributed by atoms with Crippen LogP contribution < -0.4 is 5.56 Å². The van der Waals surface area contributed by atoms with Crippen molar-refractivity contribution >= 4 is 5.97 Å². The van der Waals surface area contributed by atoms with Gasteiger partial charge in [-0.05, 0) is 13.0 Å². The summed E-state index contributed by atoms with van der Waals surface area (Å²) < 4.78 is 18.8. The van der Waals surface area contributed by atoms with Crippen LogP contribution in [0.1, 0.15) is 18.8 Å².